The third-order valence-electron chi connectivity index (χ3n) is 5.67. The average Bonchev–Trinajstić information content (AvgIpc) is 3.26. The molecule has 2 N–H and O–H groups in total. The first-order valence-electron chi connectivity index (χ1n) is 10.5. The molecule has 9 heteroatoms. The molecule has 0 radical (unpaired) electrons. The summed E-state index contributed by atoms with van der Waals surface area (Å²) < 4.78 is 35.1. The topological polar surface area (TPSA) is 98.1 Å². The minimum Gasteiger partial charge on any atom is -0.497 e. The Hall–Kier alpha value is -3.85. The summed E-state index contributed by atoms with van der Waals surface area (Å²) in [5.41, 5.74) is 2.15. The van der Waals surface area contributed by atoms with Gasteiger partial charge in [-0.25, -0.2) is 17.8 Å². The van der Waals surface area contributed by atoms with Crippen LogP contribution in [0.15, 0.2) is 89.8 Å². The number of hydrogen-bond acceptors (Lipinski definition) is 6. The van der Waals surface area contributed by atoms with Crippen LogP contribution in [0.25, 0.3) is 0 Å². The van der Waals surface area contributed by atoms with Crippen molar-refractivity contribution in [3.05, 3.63) is 96.1 Å². The van der Waals surface area contributed by atoms with Gasteiger partial charge in [-0.05, 0) is 41.8 Å². The first-order chi connectivity index (χ1) is 16.0. The van der Waals surface area contributed by atoms with Gasteiger partial charge in [0.25, 0.3) is 16.0 Å². The Bertz CT molecular complexity index is 1340. The number of fused-ring (bicyclic) bond motifs is 1. The molecule has 3 aromatic carbocycles. The van der Waals surface area contributed by atoms with Crippen LogP contribution in [0.5, 0.6) is 5.75 Å². The van der Waals surface area contributed by atoms with Gasteiger partial charge in [-0.2, -0.15) is 4.98 Å². The molecule has 0 amide bonds. The Morgan fingerprint density at radius 2 is 1.61 bits per heavy atom. The van der Waals surface area contributed by atoms with Crippen LogP contribution in [0, 0.1) is 0 Å². The van der Waals surface area contributed by atoms with Crippen molar-refractivity contribution in [1.82, 2.24) is 14.8 Å². The van der Waals surface area contributed by atoms with E-state index in [0.717, 1.165) is 23.3 Å². The van der Waals surface area contributed by atoms with Crippen molar-refractivity contribution in [2.45, 2.75) is 23.4 Å². The molecule has 4 aromatic rings. The SMILES string of the molecule is COc1ccc(C2CC(c3ccccc3)Nc3nc(NS(=O)(=O)c4ccccc4)nn32)cc1. The Kier molecular flexibility index (Phi) is 5.47. The van der Waals surface area contributed by atoms with Gasteiger partial charge in [0.1, 0.15) is 5.75 Å². The first kappa shape index (κ1) is 21.0. The van der Waals surface area contributed by atoms with Gasteiger partial charge in [0.15, 0.2) is 0 Å². The minimum atomic E-state index is -3.80. The number of aromatic nitrogens is 3. The lowest BCUT2D eigenvalue weighted by Gasteiger charge is -2.31. The molecule has 2 unspecified atom stereocenters. The molecule has 0 saturated heterocycles. The van der Waals surface area contributed by atoms with Crippen molar-refractivity contribution in [2.24, 2.45) is 0 Å². The summed E-state index contributed by atoms with van der Waals surface area (Å²) in [6, 6.07) is 25.9. The number of nitrogens with one attached hydrogen (secondary N) is 2. The van der Waals surface area contributed by atoms with E-state index in [1.807, 2.05) is 42.5 Å². The van der Waals surface area contributed by atoms with Crippen molar-refractivity contribution in [3.8, 4) is 5.75 Å². The number of ether oxygens (including phenoxy) is 1. The molecule has 1 aliphatic rings. The lowest BCUT2D eigenvalue weighted by molar-refractivity contribution is 0.411. The number of rotatable bonds is 6. The van der Waals surface area contributed by atoms with E-state index < -0.39 is 10.0 Å². The highest BCUT2D eigenvalue weighted by Gasteiger charge is 2.32. The third-order valence-corrected chi connectivity index (χ3v) is 7.01. The van der Waals surface area contributed by atoms with Crippen LogP contribution in [0.4, 0.5) is 11.9 Å². The molecule has 0 spiro atoms. The zero-order valence-corrected chi connectivity index (χ0v) is 18.7. The summed E-state index contributed by atoms with van der Waals surface area (Å²) in [6.45, 7) is 0. The molecular weight excluding hydrogens is 438 g/mol. The predicted molar refractivity (Wildman–Crippen MR) is 126 cm³/mol. The number of methoxy groups -OCH3 is 1. The normalized spacial score (nSPS) is 17.6. The van der Waals surface area contributed by atoms with Crippen LogP contribution < -0.4 is 14.8 Å². The van der Waals surface area contributed by atoms with Crippen LogP contribution in [-0.2, 0) is 10.0 Å². The molecule has 1 aliphatic heterocycles. The zero-order chi connectivity index (χ0) is 22.8. The maximum absolute atomic E-state index is 12.8. The molecule has 2 heterocycles. The summed E-state index contributed by atoms with van der Waals surface area (Å²) in [7, 11) is -2.17. The Morgan fingerprint density at radius 3 is 2.27 bits per heavy atom. The molecule has 168 valence electrons. The van der Waals surface area contributed by atoms with E-state index >= 15 is 0 Å². The molecule has 0 aliphatic carbocycles. The second-order valence-electron chi connectivity index (χ2n) is 7.75. The van der Waals surface area contributed by atoms with Crippen LogP contribution in [0.1, 0.15) is 29.6 Å². The summed E-state index contributed by atoms with van der Waals surface area (Å²) in [5, 5.41) is 7.92. The molecule has 0 bridgehead atoms. The van der Waals surface area contributed by atoms with E-state index in [0.29, 0.717) is 5.95 Å². The Balaban J connectivity index is 1.52. The lowest BCUT2D eigenvalue weighted by atomic mass is 9.93. The fraction of sp³-hybridized carbons (Fsp3) is 0.167. The Labute approximate surface area is 192 Å². The zero-order valence-electron chi connectivity index (χ0n) is 17.9. The van der Waals surface area contributed by atoms with Crippen LogP contribution in [-0.4, -0.2) is 30.3 Å². The maximum atomic E-state index is 12.8. The predicted octanol–water partition coefficient (Wildman–Crippen LogP) is 4.23. The standard InChI is InChI=1S/C24H23N5O3S/c1-32-19-14-12-18(13-15-19)22-16-21(17-8-4-2-5-9-17)25-24-26-23(27-29(22)24)28-33(30,31)20-10-6-3-7-11-20/h2-15,21-22H,16H2,1H3,(H2,25,26,27,28). The van der Waals surface area contributed by atoms with Gasteiger partial charge in [0.2, 0.25) is 5.95 Å². The highest BCUT2D eigenvalue weighted by molar-refractivity contribution is 7.92. The van der Waals surface area contributed by atoms with Crippen molar-refractivity contribution in [1.29, 1.82) is 0 Å². The quantitative estimate of drug-likeness (QED) is 0.446. The largest absolute Gasteiger partial charge is 0.497 e. The monoisotopic (exact) mass is 461 g/mol. The van der Waals surface area contributed by atoms with Crippen molar-refractivity contribution < 1.29 is 13.2 Å². The summed E-state index contributed by atoms with van der Waals surface area (Å²) in [5.74, 6) is 1.29. The van der Waals surface area contributed by atoms with Crippen molar-refractivity contribution in [2.75, 3.05) is 17.1 Å². The van der Waals surface area contributed by atoms with Gasteiger partial charge in [-0.3, -0.25) is 0 Å². The molecule has 8 nitrogen and oxygen atoms in total. The molecular formula is C24H23N5O3S. The fourth-order valence-electron chi connectivity index (χ4n) is 4.01. The number of benzene rings is 3. The summed E-state index contributed by atoms with van der Waals surface area (Å²) in [6.07, 6.45) is 0.720. The van der Waals surface area contributed by atoms with E-state index in [1.165, 1.54) is 12.1 Å². The van der Waals surface area contributed by atoms with Crippen molar-refractivity contribution >= 4 is 21.9 Å². The summed E-state index contributed by atoms with van der Waals surface area (Å²) >= 11 is 0. The molecule has 0 saturated carbocycles. The number of nitrogens with zero attached hydrogens (tertiary/aromatic N) is 3. The highest BCUT2D eigenvalue weighted by Crippen LogP contribution is 2.38. The van der Waals surface area contributed by atoms with E-state index in [-0.39, 0.29) is 22.9 Å². The number of anilines is 2. The number of hydrogen-bond donors (Lipinski definition) is 2. The number of sulfonamides is 1. The molecule has 5 rings (SSSR count). The van der Waals surface area contributed by atoms with Crippen LogP contribution >= 0.6 is 0 Å². The summed E-state index contributed by atoms with van der Waals surface area (Å²) in [4.78, 5) is 4.62. The fourth-order valence-corrected chi connectivity index (χ4v) is 4.97. The van der Waals surface area contributed by atoms with E-state index in [4.69, 9.17) is 4.74 Å². The van der Waals surface area contributed by atoms with E-state index in [2.05, 4.69) is 32.3 Å². The van der Waals surface area contributed by atoms with E-state index in [9.17, 15) is 8.42 Å². The van der Waals surface area contributed by atoms with E-state index in [1.54, 1.807) is 30.0 Å². The van der Waals surface area contributed by atoms with Gasteiger partial charge < -0.3 is 10.1 Å². The highest BCUT2D eigenvalue weighted by atomic mass is 32.2. The second kappa shape index (κ2) is 8.59. The average molecular weight is 462 g/mol. The van der Waals surface area contributed by atoms with Gasteiger partial charge in [0.05, 0.1) is 24.1 Å². The van der Waals surface area contributed by atoms with Gasteiger partial charge in [-0.1, -0.05) is 60.7 Å². The van der Waals surface area contributed by atoms with Gasteiger partial charge in [0, 0.05) is 0 Å². The molecule has 2 atom stereocenters. The molecule has 33 heavy (non-hydrogen) atoms. The molecule has 1 aromatic heterocycles. The maximum Gasteiger partial charge on any atom is 0.264 e. The van der Waals surface area contributed by atoms with Crippen molar-refractivity contribution in [3.63, 3.8) is 0 Å². The van der Waals surface area contributed by atoms with Crippen LogP contribution in [0.2, 0.25) is 0 Å². The smallest absolute Gasteiger partial charge is 0.264 e. The Morgan fingerprint density at radius 1 is 0.939 bits per heavy atom. The first-order valence-corrected chi connectivity index (χ1v) is 12.0. The van der Waals surface area contributed by atoms with Gasteiger partial charge >= 0.3 is 0 Å². The van der Waals surface area contributed by atoms with Gasteiger partial charge in [-0.15, -0.1) is 5.10 Å². The van der Waals surface area contributed by atoms with Crippen LogP contribution in [0.3, 0.4) is 0 Å². The second-order valence-corrected chi connectivity index (χ2v) is 9.44. The minimum absolute atomic E-state index is 0.00594. The molecule has 0 fully saturated rings. The third kappa shape index (κ3) is 4.27. The lowest BCUT2D eigenvalue weighted by Crippen LogP contribution is -2.28.